The molecule has 5 atom stereocenters. The van der Waals surface area contributed by atoms with Gasteiger partial charge in [0.25, 0.3) is 0 Å². The summed E-state index contributed by atoms with van der Waals surface area (Å²) in [7, 11) is 0. The topological polar surface area (TPSA) is 122 Å². The second-order valence-corrected chi connectivity index (χ2v) is 10.3. The molecule has 0 spiro atoms. The van der Waals surface area contributed by atoms with Crippen LogP contribution in [-0.2, 0) is 6.42 Å². The first-order chi connectivity index (χ1) is 16.6. The number of nitrogens with zero attached hydrogens (tertiary/aromatic N) is 4. The van der Waals surface area contributed by atoms with E-state index in [2.05, 4.69) is 32.8 Å². The number of nitrogen functional groups attached to an aromatic ring is 1. The molecular formula is C25H28N6O2S. The molecule has 1 aliphatic heterocycles. The molecule has 4 aromatic rings. The van der Waals surface area contributed by atoms with Crippen molar-refractivity contribution in [3.8, 4) is 10.6 Å². The summed E-state index contributed by atoms with van der Waals surface area (Å²) >= 11 is 1.57. The SMILES string of the molecule is Nc1ncnc2c1c(-c1nc(Cc3ccccc3)cs1)cn2[C@@H]1C[C@H](C2CCNC2)[C@@H](O)[C@H]1O. The minimum Gasteiger partial charge on any atom is -0.390 e. The van der Waals surface area contributed by atoms with Crippen molar-refractivity contribution in [1.29, 1.82) is 0 Å². The average molecular weight is 477 g/mol. The molecule has 1 saturated heterocycles. The van der Waals surface area contributed by atoms with Crippen molar-refractivity contribution in [2.24, 2.45) is 11.8 Å². The molecule has 0 bridgehead atoms. The van der Waals surface area contributed by atoms with Crippen LogP contribution in [0.3, 0.4) is 0 Å². The molecule has 1 aliphatic carbocycles. The predicted molar refractivity (Wildman–Crippen MR) is 132 cm³/mol. The van der Waals surface area contributed by atoms with Crippen LogP contribution in [0, 0.1) is 11.8 Å². The summed E-state index contributed by atoms with van der Waals surface area (Å²) in [4.78, 5) is 13.7. The molecule has 2 aliphatic rings. The Balaban J connectivity index is 1.37. The highest BCUT2D eigenvalue weighted by molar-refractivity contribution is 7.13. The molecular weight excluding hydrogens is 448 g/mol. The number of thiazole rings is 1. The Labute approximate surface area is 201 Å². The lowest BCUT2D eigenvalue weighted by molar-refractivity contribution is -0.00279. The van der Waals surface area contributed by atoms with Crippen molar-refractivity contribution in [1.82, 2.24) is 24.8 Å². The van der Waals surface area contributed by atoms with E-state index in [-0.39, 0.29) is 12.0 Å². The minimum atomic E-state index is -0.866. The first-order valence-corrected chi connectivity index (χ1v) is 12.6. The molecule has 34 heavy (non-hydrogen) atoms. The van der Waals surface area contributed by atoms with E-state index < -0.39 is 12.2 Å². The highest BCUT2D eigenvalue weighted by atomic mass is 32.1. The van der Waals surface area contributed by atoms with Gasteiger partial charge in [0.15, 0.2) is 0 Å². The predicted octanol–water partition coefficient (Wildman–Crippen LogP) is 2.62. The van der Waals surface area contributed by atoms with Crippen LogP contribution in [0.2, 0.25) is 0 Å². The van der Waals surface area contributed by atoms with E-state index in [1.807, 2.05) is 29.0 Å². The maximum absolute atomic E-state index is 11.0. The molecule has 3 aromatic heterocycles. The fourth-order valence-corrected chi connectivity index (χ4v) is 6.51. The molecule has 6 rings (SSSR count). The Morgan fingerprint density at radius 1 is 1.15 bits per heavy atom. The zero-order valence-corrected chi connectivity index (χ0v) is 19.5. The standard InChI is InChI=1S/C25H28N6O2S/c26-23-20-18(25-30-16(12-34-25)8-14-4-2-1-3-5-14)11-31(24(20)29-13-28-23)19-9-17(21(32)22(19)33)15-6-7-27-10-15/h1-5,11-13,15,17,19,21-22,27,32-33H,6-10H2,(H2,26,28,29)/t15?,17-,19-,21-,22+/m1/s1. The molecule has 8 nitrogen and oxygen atoms in total. The highest BCUT2D eigenvalue weighted by Crippen LogP contribution is 2.44. The molecule has 2 fully saturated rings. The van der Waals surface area contributed by atoms with Gasteiger partial charge >= 0.3 is 0 Å². The first kappa shape index (κ1) is 21.7. The summed E-state index contributed by atoms with van der Waals surface area (Å²) in [5.74, 6) is 0.811. The molecule has 0 amide bonds. The fraction of sp³-hybridized carbons (Fsp3) is 0.400. The summed E-state index contributed by atoms with van der Waals surface area (Å²) < 4.78 is 1.98. The van der Waals surface area contributed by atoms with E-state index >= 15 is 0 Å². The number of hydrogen-bond acceptors (Lipinski definition) is 8. The van der Waals surface area contributed by atoms with E-state index in [1.54, 1.807) is 11.3 Å². The van der Waals surface area contributed by atoms with Gasteiger partial charge in [0.2, 0.25) is 0 Å². The summed E-state index contributed by atoms with van der Waals surface area (Å²) in [6.07, 6.45) is 4.29. The smallest absolute Gasteiger partial charge is 0.146 e. The summed E-state index contributed by atoms with van der Waals surface area (Å²) in [6.45, 7) is 1.85. The molecule has 0 radical (unpaired) electrons. The van der Waals surface area contributed by atoms with Crippen molar-refractivity contribution >= 4 is 28.2 Å². The third-order valence-corrected chi connectivity index (χ3v) is 8.33. The average Bonchev–Trinajstić information content (AvgIpc) is 3.63. The van der Waals surface area contributed by atoms with Crippen LogP contribution in [0.4, 0.5) is 5.82 Å². The van der Waals surface area contributed by atoms with Gasteiger partial charge in [0, 0.05) is 23.6 Å². The number of aromatic nitrogens is 4. The minimum absolute atomic E-state index is 0.0485. The van der Waals surface area contributed by atoms with Gasteiger partial charge in [-0.2, -0.15) is 0 Å². The number of rotatable bonds is 5. The van der Waals surface area contributed by atoms with Crippen LogP contribution in [0.15, 0.2) is 48.2 Å². The normalized spacial score (nSPS) is 27.1. The molecule has 176 valence electrons. The van der Waals surface area contributed by atoms with Gasteiger partial charge in [-0.15, -0.1) is 11.3 Å². The quantitative estimate of drug-likeness (QED) is 0.349. The largest absolute Gasteiger partial charge is 0.390 e. The Morgan fingerprint density at radius 3 is 2.79 bits per heavy atom. The highest BCUT2D eigenvalue weighted by Gasteiger charge is 2.46. The number of benzene rings is 1. The summed E-state index contributed by atoms with van der Waals surface area (Å²) in [5, 5.41) is 29.0. The number of anilines is 1. The van der Waals surface area contributed by atoms with Crippen LogP contribution in [-0.4, -0.2) is 55.0 Å². The second-order valence-electron chi connectivity index (χ2n) is 9.41. The third kappa shape index (κ3) is 3.69. The van der Waals surface area contributed by atoms with Crippen LogP contribution >= 0.6 is 11.3 Å². The zero-order chi connectivity index (χ0) is 23.2. The Kier molecular flexibility index (Phi) is 5.57. The molecule has 5 N–H and O–H groups in total. The number of fused-ring (bicyclic) bond motifs is 1. The Bertz CT molecular complexity index is 1300. The summed E-state index contributed by atoms with van der Waals surface area (Å²) in [5.41, 5.74) is 10.1. The van der Waals surface area contributed by atoms with E-state index in [0.29, 0.717) is 23.8 Å². The van der Waals surface area contributed by atoms with Crippen molar-refractivity contribution < 1.29 is 10.2 Å². The molecule has 4 heterocycles. The van der Waals surface area contributed by atoms with Gasteiger partial charge in [-0.05, 0) is 43.3 Å². The van der Waals surface area contributed by atoms with Crippen molar-refractivity contribution in [2.45, 2.75) is 37.5 Å². The van der Waals surface area contributed by atoms with E-state index in [4.69, 9.17) is 10.7 Å². The number of nitrogens with one attached hydrogen (secondary N) is 1. The third-order valence-electron chi connectivity index (χ3n) is 7.41. The summed E-state index contributed by atoms with van der Waals surface area (Å²) in [6, 6.07) is 9.99. The lowest BCUT2D eigenvalue weighted by Crippen LogP contribution is -2.32. The number of aliphatic hydroxyl groups excluding tert-OH is 2. The van der Waals surface area contributed by atoms with Gasteiger partial charge < -0.3 is 25.8 Å². The van der Waals surface area contributed by atoms with Crippen molar-refractivity contribution in [3.63, 3.8) is 0 Å². The maximum Gasteiger partial charge on any atom is 0.146 e. The molecule has 1 aromatic carbocycles. The lowest BCUT2D eigenvalue weighted by atomic mass is 9.88. The van der Waals surface area contributed by atoms with Crippen molar-refractivity contribution in [3.05, 3.63) is 59.5 Å². The van der Waals surface area contributed by atoms with E-state index in [1.165, 1.54) is 11.9 Å². The zero-order valence-electron chi connectivity index (χ0n) is 18.7. The van der Waals surface area contributed by atoms with Crippen molar-refractivity contribution in [2.75, 3.05) is 18.8 Å². The van der Waals surface area contributed by atoms with E-state index in [9.17, 15) is 10.2 Å². The number of aliphatic hydroxyl groups is 2. The Hall–Kier alpha value is -2.85. The molecule has 9 heteroatoms. The van der Waals surface area contributed by atoms with Gasteiger partial charge in [-0.3, -0.25) is 0 Å². The molecule has 1 unspecified atom stereocenters. The maximum atomic E-state index is 11.0. The van der Waals surface area contributed by atoms with Crippen LogP contribution < -0.4 is 11.1 Å². The van der Waals surface area contributed by atoms with Crippen LogP contribution in [0.5, 0.6) is 0 Å². The van der Waals surface area contributed by atoms with Gasteiger partial charge in [0.05, 0.1) is 23.2 Å². The fourth-order valence-electron chi connectivity index (χ4n) is 5.67. The second kappa shape index (κ2) is 8.74. The van der Waals surface area contributed by atoms with Crippen LogP contribution in [0.1, 0.15) is 30.1 Å². The number of hydrogen-bond donors (Lipinski definition) is 4. The van der Waals surface area contributed by atoms with Gasteiger partial charge in [-0.25, -0.2) is 15.0 Å². The monoisotopic (exact) mass is 476 g/mol. The lowest BCUT2D eigenvalue weighted by Gasteiger charge is -2.21. The van der Waals surface area contributed by atoms with E-state index in [0.717, 1.165) is 47.6 Å². The van der Waals surface area contributed by atoms with Crippen LogP contribution in [0.25, 0.3) is 21.6 Å². The first-order valence-electron chi connectivity index (χ1n) is 11.8. The number of nitrogens with two attached hydrogens (primary N) is 1. The van der Waals surface area contributed by atoms with Gasteiger partial charge in [-0.1, -0.05) is 30.3 Å². The Morgan fingerprint density at radius 2 is 2.00 bits per heavy atom. The molecule has 1 saturated carbocycles. The van der Waals surface area contributed by atoms with Gasteiger partial charge in [0.1, 0.15) is 28.9 Å².